The van der Waals surface area contributed by atoms with Crippen molar-refractivity contribution in [3.63, 3.8) is 0 Å². The van der Waals surface area contributed by atoms with Crippen molar-refractivity contribution < 1.29 is 4.79 Å². The molecule has 0 radical (unpaired) electrons. The molecule has 24 heavy (non-hydrogen) atoms. The first-order chi connectivity index (χ1) is 11.2. The molecule has 1 aliphatic heterocycles. The van der Waals surface area contributed by atoms with Gasteiger partial charge in [-0.2, -0.15) is 0 Å². The topological polar surface area (TPSA) is 63.1 Å². The van der Waals surface area contributed by atoms with Gasteiger partial charge in [0.1, 0.15) is 5.52 Å². The second kappa shape index (κ2) is 4.94. The number of rotatable bonds is 1. The lowest BCUT2D eigenvalue weighted by Gasteiger charge is -2.39. The lowest BCUT2D eigenvalue weighted by atomic mass is 9.65. The highest BCUT2D eigenvalue weighted by Crippen LogP contribution is 2.52. The van der Waals surface area contributed by atoms with E-state index in [1.807, 2.05) is 30.1 Å². The second-order valence-corrected chi connectivity index (χ2v) is 8.69. The first-order valence-corrected chi connectivity index (χ1v) is 8.62. The summed E-state index contributed by atoms with van der Waals surface area (Å²) in [6, 6.07) is 6.09. The van der Waals surface area contributed by atoms with E-state index in [0.717, 1.165) is 36.1 Å². The number of nitrogens with zero attached hydrogens (tertiary/aromatic N) is 4. The number of hydrogen-bond donors (Lipinski definition) is 1. The molecule has 0 spiro atoms. The minimum absolute atomic E-state index is 0.00432. The molecule has 2 aromatic rings. The summed E-state index contributed by atoms with van der Waals surface area (Å²) < 4.78 is 1.73. The standard InChI is InChI=1S/C18H25N5O/c1-17(2)8-13-9-18(3,10-17)11-23(13)16(24)19-12-5-6-15-14(7-12)20-21-22(15)4/h5-7,13H,8-11H2,1-4H3,(H,19,24)/t13-,18+/m1/s1. The second-order valence-electron chi connectivity index (χ2n) is 8.69. The molecule has 1 aromatic heterocycles. The van der Waals surface area contributed by atoms with Crippen LogP contribution in [0.3, 0.4) is 0 Å². The van der Waals surface area contributed by atoms with E-state index < -0.39 is 0 Å². The molecule has 1 saturated heterocycles. The molecular weight excluding hydrogens is 302 g/mol. The predicted molar refractivity (Wildman–Crippen MR) is 93.8 cm³/mol. The number of benzene rings is 1. The molecule has 1 N–H and O–H groups in total. The summed E-state index contributed by atoms with van der Waals surface area (Å²) >= 11 is 0. The summed E-state index contributed by atoms with van der Waals surface area (Å²) in [5.74, 6) is 0. The smallest absolute Gasteiger partial charge is 0.321 e. The summed E-state index contributed by atoms with van der Waals surface area (Å²) in [5.41, 5.74) is 3.09. The molecule has 1 saturated carbocycles. The van der Waals surface area contributed by atoms with Crippen LogP contribution in [0, 0.1) is 10.8 Å². The molecule has 2 heterocycles. The van der Waals surface area contributed by atoms with E-state index in [4.69, 9.17) is 0 Å². The lowest BCUT2D eigenvalue weighted by Crippen LogP contribution is -2.40. The molecule has 2 amide bonds. The molecule has 1 aliphatic carbocycles. The Morgan fingerprint density at radius 1 is 1.29 bits per heavy atom. The molecule has 1 aromatic carbocycles. The molecule has 6 heteroatoms. The van der Waals surface area contributed by atoms with Gasteiger partial charge in [0, 0.05) is 25.3 Å². The molecule has 2 fully saturated rings. The normalized spacial score (nSPS) is 28.3. The fourth-order valence-corrected chi connectivity index (χ4v) is 5.01. The number of carbonyl (C=O) groups is 1. The van der Waals surface area contributed by atoms with Crippen LogP contribution >= 0.6 is 0 Å². The van der Waals surface area contributed by atoms with Gasteiger partial charge in [-0.05, 0) is 48.3 Å². The van der Waals surface area contributed by atoms with Gasteiger partial charge in [0.25, 0.3) is 0 Å². The third-order valence-electron chi connectivity index (χ3n) is 5.54. The van der Waals surface area contributed by atoms with Crippen LogP contribution in [0.2, 0.25) is 0 Å². The van der Waals surface area contributed by atoms with Gasteiger partial charge in [0.2, 0.25) is 0 Å². The van der Waals surface area contributed by atoms with Gasteiger partial charge in [-0.1, -0.05) is 26.0 Å². The fourth-order valence-electron chi connectivity index (χ4n) is 5.01. The van der Waals surface area contributed by atoms with Crippen molar-refractivity contribution in [3.05, 3.63) is 18.2 Å². The van der Waals surface area contributed by atoms with Gasteiger partial charge in [-0.25, -0.2) is 9.48 Å². The van der Waals surface area contributed by atoms with Gasteiger partial charge in [-0.15, -0.1) is 5.10 Å². The van der Waals surface area contributed by atoms with Gasteiger partial charge in [-0.3, -0.25) is 0 Å². The minimum Gasteiger partial charge on any atom is -0.321 e. The van der Waals surface area contributed by atoms with Crippen LogP contribution < -0.4 is 5.32 Å². The third kappa shape index (κ3) is 2.54. The Bertz CT molecular complexity index is 811. The van der Waals surface area contributed by atoms with Crippen molar-refractivity contribution in [2.45, 2.75) is 46.1 Å². The highest BCUT2D eigenvalue weighted by molar-refractivity contribution is 5.92. The van der Waals surface area contributed by atoms with E-state index in [1.54, 1.807) is 4.68 Å². The van der Waals surface area contributed by atoms with Crippen LogP contribution in [0.15, 0.2) is 18.2 Å². The Labute approximate surface area is 142 Å². The molecule has 128 valence electrons. The quantitative estimate of drug-likeness (QED) is 0.873. The van der Waals surface area contributed by atoms with E-state index >= 15 is 0 Å². The number of nitrogens with one attached hydrogen (secondary N) is 1. The molecular formula is C18H25N5O. The maximum absolute atomic E-state index is 12.8. The Balaban J connectivity index is 1.53. The monoisotopic (exact) mass is 327 g/mol. The molecule has 2 atom stereocenters. The van der Waals surface area contributed by atoms with Crippen molar-refractivity contribution in [2.75, 3.05) is 11.9 Å². The average Bonchev–Trinajstić information content (AvgIpc) is 2.95. The van der Waals surface area contributed by atoms with Crippen molar-refractivity contribution >= 4 is 22.8 Å². The number of anilines is 1. The first-order valence-electron chi connectivity index (χ1n) is 8.62. The Hall–Kier alpha value is -2.11. The van der Waals surface area contributed by atoms with E-state index in [0.29, 0.717) is 11.5 Å². The van der Waals surface area contributed by atoms with Crippen LogP contribution in [0.4, 0.5) is 10.5 Å². The van der Waals surface area contributed by atoms with Crippen LogP contribution in [0.5, 0.6) is 0 Å². The number of fused-ring (bicyclic) bond motifs is 3. The number of aryl methyl sites for hydroxylation is 1. The summed E-state index contributed by atoms with van der Waals surface area (Å²) in [5, 5.41) is 11.2. The fraction of sp³-hybridized carbons (Fsp3) is 0.611. The van der Waals surface area contributed by atoms with Crippen LogP contribution in [0.25, 0.3) is 11.0 Å². The zero-order valence-corrected chi connectivity index (χ0v) is 14.8. The largest absolute Gasteiger partial charge is 0.322 e. The third-order valence-corrected chi connectivity index (χ3v) is 5.54. The van der Waals surface area contributed by atoms with E-state index in [2.05, 4.69) is 36.4 Å². The number of hydrogen-bond acceptors (Lipinski definition) is 3. The molecule has 4 rings (SSSR count). The lowest BCUT2D eigenvalue weighted by molar-refractivity contribution is 0.130. The van der Waals surface area contributed by atoms with Gasteiger partial charge >= 0.3 is 6.03 Å². The zero-order chi connectivity index (χ0) is 17.1. The highest BCUT2D eigenvalue weighted by Gasteiger charge is 2.50. The highest BCUT2D eigenvalue weighted by atomic mass is 16.2. The maximum atomic E-state index is 12.8. The number of amides is 2. The average molecular weight is 327 g/mol. The van der Waals surface area contributed by atoms with Crippen LogP contribution in [-0.2, 0) is 7.05 Å². The molecule has 0 unspecified atom stereocenters. The predicted octanol–water partition coefficient (Wildman–Crippen LogP) is 3.40. The van der Waals surface area contributed by atoms with E-state index in [-0.39, 0.29) is 11.4 Å². The van der Waals surface area contributed by atoms with Crippen molar-refractivity contribution in [3.8, 4) is 0 Å². The number of urea groups is 1. The zero-order valence-electron chi connectivity index (χ0n) is 14.8. The number of aromatic nitrogens is 3. The minimum atomic E-state index is 0.00432. The van der Waals surface area contributed by atoms with Crippen molar-refractivity contribution in [2.24, 2.45) is 17.9 Å². The molecule has 2 bridgehead atoms. The first kappa shape index (κ1) is 15.4. The Morgan fingerprint density at radius 2 is 2.08 bits per heavy atom. The summed E-state index contributed by atoms with van der Waals surface area (Å²) in [7, 11) is 1.86. The maximum Gasteiger partial charge on any atom is 0.322 e. The number of carbonyl (C=O) groups excluding carboxylic acids is 1. The molecule has 2 aliphatic rings. The van der Waals surface area contributed by atoms with Crippen molar-refractivity contribution in [1.29, 1.82) is 0 Å². The van der Waals surface area contributed by atoms with Crippen molar-refractivity contribution in [1.82, 2.24) is 19.9 Å². The van der Waals surface area contributed by atoms with Crippen LogP contribution in [0.1, 0.15) is 40.0 Å². The number of likely N-dealkylation sites (tertiary alicyclic amines) is 1. The Kier molecular flexibility index (Phi) is 3.18. The van der Waals surface area contributed by atoms with Crippen LogP contribution in [-0.4, -0.2) is 38.5 Å². The molecule has 6 nitrogen and oxygen atoms in total. The Morgan fingerprint density at radius 3 is 2.88 bits per heavy atom. The summed E-state index contributed by atoms with van der Waals surface area (Å²) in [4.78, 5) is 14.9. The van der Waals surface area contributed by atoms with E-state index in [9.17, 15) is 4.79 Å². The SMILES string of the molecule is Cn1nnc2cc(NC(=O)N3C[C@@]4(C)C[C@H]3CC(C)(C)C4)ccc21. The van der Waals surface area contributed by atoms with E-state index in [1.165, 1.54) is 6.42 Å². The summed E-state index contributed by atoms with van der Waals surface area (Å²) in [6.07, 6.45) is 3.39. The summed E-state index contributed by atoms with van der Waals surface area (Å²) in [6.45, 7) is 7.81. The van der Waals surface area contributed by atoms with Gasteiger partial charge < -0.3 is 10.2 Å². The van der Waals surface area contributed by atoms with Gasteiger partial charge in [0.15, 0.2) is 0 Å². The van der Waals surface area contributed by atoms with Gasteiger partial charge in [0.05, 0.1) is 5.52 Å².